The second-order valence-electron chi connectivity index (χ2n) is 4.39. The molecule has 2 aromatic carbocycles. The van der Waals surface area contributed by atoms with Gasteiger partial charge in [0.05, 0.1) is 0 Å². The van der Waals surface area contributed by atoms with Crippen LogP contribution in [0.4, 0.5) is 4.39 Å². The number of aliphatic hydroxyl groups is 1. The Morgan fingerprint density at radius 1 is 1.11 bits per heavy atom. The maximum atomic E-state index is 13.5. The molecule has 0 bridgehead atoms. The van der Waals surface area contributed by atoms with Crippen LogP contribution in [0.25, 0.3) is 0 Å². The third kappa shape index (κ3) is 2.47. The molecule has 1 N–H and O–H groups in total. The number of hydrogen-bond donors (Lipinski definition) is 1. The smallest absolute Gasteiger partial charge is 0.126 e. The fourth-order valence-corrected chi connectivity index (χ4v) is 2.32. The van der Waals surface area contributed by atoms with Crippen LogP contribution in [0.2, 0.25) is 0 Å². The number of benzene rings is 2. The van der Waals surface area contributed by atoms with Gasteiger partial charge >= 0.3 is 0 Å². The van der Waals surface area contributed by atoms with Crippen molar-refractivity contribution >= 4 is 15.9 Å². The maximum Gasteiger partial charge on any atom is 0.126 e. The van der Waals surface area contributed by atoms with Crippen LogP contribution in [0.15, 0.2) is 40.9 Å². The molecule has 18 heavy (non-hydrogen) atoms. The highest BCUT2D eigenvalue weighted by atomic mass is 79.9. The molecule has 2 aromatic rings. The summed E-state index contributed by atoms with van der Waals surface area (Å²) in [6, 6.07) is 10.5. The fourth-order valence-electron chi connectivity index (χ4n) is 1.84. The molecule has 0 saturated carbocycles. The van der Waals surface area contributed by atoms with Crippen molar-refractivity contribution < 1.29 is 9.50 Å². The zero-order chi connectivity index (χ0) is 13.3. The fraction of sp³-hybridized carbons (Fsp3) is 0.200. The van der Waals surface area contributed by atoms with Crippen molar-refractivity contribution in [1.82, 2.24) is 0 Å². The summed E-state index contributed by atoms with van der Waals surface area (Å²) < 4.78 is 14.4. The van der Waals surface area contributed by atoms with Crippen molar-refractivity contribution in [2.75, 3.05) is 0 Å². The standard InChI is InChI=1S/C15H14BrFO/c1-9-6-7-11(8-13(9)17)15(18)12-5-3-4-10(2)14(12)16/h3-8,15,18H,1-2H3. The van der Waals surface area contributed by atoms with Crippen LogP contribution in [0.1, 0.15) is 28.4 Å². The predicted molar refractivity (Wildman–Crippen MR) is 74.1 cm³/mol. The van der Waals surface area contributed by atoms with Gasteiger partial charge in [0, 0.05) is 4.47 Å². The zero-order valence-electron chi connectivity index (χ0n) is 10.2. The lowest BCUT2D eigenvalue weighted by atomic mass is 9.99. The molecule has 2 rings (SSSR count). The molecule has 0 amide bonds. The van der Waals surface area contributed by atoms with Gasteiger partial charge in [0.15, 0.2) is 0 Å². The summed E-state index contributed by atoms with van der Waals surface area (Å²) in [6.07, 6.45) is -0.825. The van der Waals surface area contributed by atoms with Crippen LogP contribution < -0.4 is 0 Å². The second kappa shape index (κ2) is 5.21. The average Bonchev–Trinajstić information content (AvgIpc) is 2.35. The molecule has 0 aliphatic heterocycles. The Balaban J connectivity index is 2.44. The first-order chi connectivity index (χ1) is 8.50. The van der Waals surface area contributed by atoms with E-state index in [0.717, 1.165) is 15.6 Å². The highest BCUT2D eigenvalue weighted by Gasteiger charge is 2.15. The minimum Gasteiger partial charge on any atom is -0.384 e. The van der Waals surface area contributed by atoms with Crippen LogP contribution in [0.5, 0.6) is 0 Å². The SMILES string of the molecule is Cc1ccc(C(O)c2cccc(C)c2Br)cc1F. The van der Waals surface area contributed by atoms with E-state index in [-0.39, 0.29) is 5.82 Å². The van der Waals surface area contributed by atoms with Gasteiger partial charge in [-0.15, -0.1) is 0 Å². The van der Waals surface area contributed by atoms with E-state index in [2.05, 4.69) is 15.9 Å². The molecular formula is C15H14BrFO. The largest absolute Gasteiger partial charge is 0.384 e. The highest BCUT2D eigenvalue weighted by molar-refractivity contribution is 9.10. The summed E-state index contributed by atoms with van der Waals surface area (Å²) in [4.78, 5) is 0. The first-order valence-electron chi connectivity index (χ1n) is 5.70. The minimum absolute atomic E-state index is 0.296. The van der Waals surface area contributed by atoms with Crippen molar-refractivity contribution in [2.45, 2.75) is 20.0 Å². The summed E-state index contributed by atoms with van der Waals surface area (Å²) in [7, 11) is 0. The van der Waals surface area contributed by atoms with Crippen molar-refractivity contribution in [3.8, 4) is 0 Å². The third-order valence-electron chi connectivity index (χ3n) is 3.03. The van der Waals surface area contributed by atoms with Gasteiger partial charge in [0.25, 0.3) is 0 Å². The minimum atomic E-state index is -0.825. The predicted octanol–water partition coefficient (Wildman–Crippen LogP) is 4.29. The van der Waals surface area contributed by atoms with Gasteiger partial charge in [-0.25, -0.2) is 4.39 Å². The molecule has 1 nitrogen and oxygen atoms in total. The normalized spacial score (nSPS) is 12.5. The van der Waals surface area contributed by atoms with E-state index in [1.54, 1.807) is 19.1 Å². The molecule has 0 aliphatic rings. The van der Waals surface area contributed by atoms with Gasteiger partial charge in [0.1, 0.15) is 11.9 Å². The lowest BCUT2D eigenvalue weighted by molar-refractivity contribution is 0.219. The highest BCUT2D eigenvalue weighted by Crippen LogP contribution is 2.31. The van der Waals surface area contributed by atoms with Crippen LogP contribution in [-0.4, -0.2) is 5.11 Å². The van der Waals surface area contributed by atoms with E-state index in [0.29, 0.717) is 11.1 Å². The number of aliphatic hydroxyl groups excluding tert-OH is 1. The number of aryl methyl sites for hydroxylation is 2. The summed E-state index contributed by atoms with van der Waals surface area (Å²) in [6.45, 7) is 3.66. The van der Waals surface area contributed by atoms with Crippen LogP contribution >= 0.6 is 15.9 Å². The van der Waals surface area contributed by atoms with Gasteiger partial charge in [-0.1, -0.05) is 46.3 Å². The number of halogens is 2. The summed E-state index contributed by atoms with van der Waals surface area (Å²) in [5.74, 6) is -0.296. The van der Waals surface area contributed by atoms with Crippen LogP contribution in [-0.2, 0) is 0 Å². The Kier molecular flexibility index (Phi) is 3.83. The molecule has 0 aromatic heterocycles. The Hall–Kier alpha value is -1.19. The Morgan fingerprint density at radius 3 is 2.50 bits per heavy atom. The van der Waals surface area contributed by atoms with E-state index >= 15 is 0 Å². The monoisotopic (exact) mass is 308 g/mol. The van der Waals surface area contributed by atoms with Crippen LogP contribution in [0, 0.1) is 19.7 Å². The molecular weight excluding hydrogens is 295 g/mol. The van der Waals surface area contributed by atoms with Gasteiger partial charge < -0.3 is 5.11 Å². The zero-order valence-corrected chi connectivity index (χ0v) is 11.8. The third-order valence-corrected chi connectivity index (χ3v) is 4.11. The van der Waals surface area contributed by atoms with Crippen molar-refractivity contribution in [3.63, 3.8) is 0 Å². The Labute approximate surface area is 114 Å². The maximum absolute atomic E-state index is 13.5. The van der Waals surface area contributed by atoms with Gasteiger partial charge in [-0.05, 0) is 42.2 Å². The van der Waals surface area contributed by atoms with Gasteiger partial charge in [-0.3, -0.25) is 0 Å². The molecule has 0 radical (unpaired) electrons. The number of hydrogen-bond acceptors (Lipinski definition) is 1. The molecule has 0 fully saturated rings. The summed E-state index contributed by atoms with van der Waals surface area (Å²) in [5, 5.41) is 10.3. The summed E-state index contributed by atoms with van der Waals surface area (Å²) >= 11 is 3.46. The Morgan fingerprint density at radius 2 is 1.83 bits per heavy atom. The Bertz CT molecular complexity index is 581. The quantitative estimate of drug-likeness (QED) is 0.877. The number of rotatable bonds is 2. The molecule has 0 spiro atoms. The van der Waals surface area contributed by atoms with Crippen molar-refractivity contribution in [1.29, 1.82) is 0 Å². The molecule has 94 valence electrons. The summed E-state index contributed by atoms with van der Waals surface area (Å²) in [5.41, 5.74) is 2.93. The molecule has 0 saturated heterocycles. The molecule has 1 unspecified atom stereocenters. The molecule has 0 heterocycles. The van der Waals surface area contributed by atoms with Crippen molar-refractivity contribution in [3.05, 3.63) is 68.9 Å². The van der Waals surface area contributed by atoms with E-state index in [4.69, 9.17) is 0 Å². The van der Waals surface area contributed by atoms with Gasteiger partial charge in [0.2, 0.25) is 0 Å². The lowest BCUT2D eigenvalue weighted by Gasteiger charge is -2.15. The molecule has 1 atom stereocenters. The average molecular weight is 309 g/mol. The van der Waals surface area contributed by atoms with Gasteiger partial charge in [-0.2, -0.15) is 0 Å². The first-order valence-corrected chi connectivity index (χ1v) is 6.49. The van der Waals surface area contributed by atoms with E-state index in [1.807, 2.05) is 25.1 Å². The van der Waals surface area contributed by atoms with E-state index < -0.39 is 6.10 Å². The second-order valence-corrected chi connectivity index (χ2v) is 5.18. The molecule has 0 aliphatic carbocycles. The van der Waals surface area contributed by atoms with E-state index in [9.17, 15) is 9.50 Å². The lowest BCUT2D eigenvalue weighted by Crippen LogP contribution is -2.02. The van der Waals surface area contributed by atoms with Crippen LogP contribution in [0.3, 0.4) is 0 Å². The first kappa shape index (κ1) is 13.2. The topological polar surface area (TPSA) is 20.2 Å². The van der Waals surface area contributed by atoms with Crippen molar-refractivity contribution in [2.24, 2.45) is 0 Å². The van der Waals surface area contributed by atoms with E-state index in [1.165, 1.54) is 6.07 Å². The molecule has 3 heteroatoms.